The van der Waals surface area contributed by atoms with E-state index >= 15 is 0 Å². The number of aliphatic hydroxyl groups is 3. The minimum absolute atomic E-state index is 0.0763. The number of phenolic OH excluding ortho intramolecular Hbond substituents is 1. The summed E-state index contributed by atoms with van der Waals surface area (Å²) >= 11 is 0. The van der Waals surface area contributed by atoms with Gasteiger partial charge in [0.05, 0.1) is 28.8 Å². The predicted molar refractivity (Wildman–Crippen MR) is 146 cm³/mol. The Hall–Kier alpha value is -4.12. The molecule has 200 valence electrons. The Morgan fingerprint density at radius 1 is 1.05 bits per heavy atom. The topological polar surface area (TPSA) is 151 Å². The van der Waals surface area contributed by atoms with E-state index in [1.807, 2.05) is 6.92 Å². The Bertz CT molecular complexity index is 1520. The molecule has 0 spiro atoms. The van der Waals surface area contributed by atoms with E-state index in [9.17, 15) is 30.0 Å². The van der Waals surface area contributed by atoms with Gasteiger partial charge in [-0.2, -0.15) is 0 Å². The predicted octanol–water partition coefficient (Wildman–Crippen LogP) is 1.12. The molecule has 1 aliphatic heterocycles. The van der Waals surface area contributed by atoms with Crippen molar-refractivity contribution in [1.29, 1.82) is 0 Å². The minimum atomic E-state index is -2.05. The molecule has 0 aromatic heterocycles. The smallest absolute Gasteiger partial charge is 0.198 e. The first-order chi connectivity index (χ1) is 18.7. The zero-order valence-corrected chi connectivity index (χ0v) is 21.5. The Labute approximate surface area is 225 Å². The van der Waals surface area contributed by atoms with E-state index in [1.54, 1.807) is 18.2 Å². The summed E-state index contributed by atoms with van der Waals surface area (Å²) in [7, 11) is 0. The highest BCUT2D eigenvalue weighted by molar-refractivity contribution is 6.31. The van der Waals surface area contributed by atoms with Crippen molar-refractivity contribution in [3.05, 3.63) is 64.2 Å². The molecule has 1 heterocycles. The molecule has 2 aliphatic carbocycles. The van der Waals surface area contributed by atoms with Crippen molar-refractivity contribution in [2.45, 2.75) is 43.6 Å². The normalized spacial score (nSPS) is 25.8. The summed E-state index contributed by atoms with van der Waals surface area (Å²) in [6.07, 6.45) is 0.0114. The van der Waals surface area contributed by atoms with Crippen LogP contribution in [0.15, 0.2) is 36.4 Å². The number of carbonyl (C=O) groups excluding carboxylic acids is 2. The Morgan fingerprint density at radius 2 is 1.77 bits per heavy atom. The zero-order valence-electron chi connectivity index (χ0n) is 21.5. The van der Waals surface area contributed by atoms with E-state index < -0.39 is 47.1 Å². The SMILES string of the molecule is CCNCCNc1ccc2c(c1)C(=O)c1c(O)cc3c(c1C2=O)NC1C#C/C=C\C#CC(O)C3[C@]1(O)C(C)O. The number of aliphatic hydroxyl groups excluding tert-OH is 2. The Balaban J connectivity index is 1.67. The summed E-state index contributed by atoms with van der Waals surface area (Å²) in [4.78, 5) is 27.6. The maximum absolute atomic E-state index is 13.9. The van der Waals surface area contributed by atoms with Crippen molar-refractivity contribution in [1.82, 2.24) is 5.32 Å². The molecule has 9 nitrogen and oxygen atoms in total. The quantitative estimate of drug-likeness (QED) is 0.142. The minimum Gasteiger partial charge on any atom is -0.507 e. The van der Waals surface area contributed by atoms with Crippen LogP contribution >= 0.6 is 0 Å². The van der Waals surface area contributed by atoms with E-state index in [0.29, 0.717) is 12.2 Å². The Kier molecular flexibility index (Phi) is 6.94. The molecular weight excluding hydrogens is 498 g/mol. The van der Waals surface area contributed by atoms with Gasteiger partial charge in [-0.05, 0) is 55.4 Å². The molecule has 5 atom stereocenters. The molecule has 2 aromatic rings. The molecule has 39 heavy (non-hydrogen) atoms. The molecule has 7 N–H and O–H groups in total. The third-order valence-electron chi connectivity index (χ3n) is 7.46. The van der Waals surface area contributed by atoms with Gasteiger partial charge >= 0.3 is 0 Å². The van der Waals surface area contributed by atoms with E-state index in [-0.39, 0.29) is 33.5 Å². The largest absolute Gasteiger partial charge is 0.507 e. The van der Waals surface area contributed by atoms with Crippen LogP contribution in [-0.4, -0.2) is 75.5 Å². The molecule has 0 radical (unpaired) electrons. The monoisotopic (exact) mass is 527 g/mol. The average Bonchev–Trinajstić information content (AvgIpc) is 2.90. The number of anilines is 2. The summed E-state index contributed by atoms with van der Waals surface area (Å²) in [5.74, 6) is 8.12. The van der Waals surface area contributed by atoms with Crippen molar-refractivity contribution in [3.8, 4) is 29.4 Å². The number of rotatable bonds is 6. The first-order valence-corrected chi connectivity index (χ1v) is 12.8. The molecule has 0 saturated carbocycles. The number of benzene rings is 2. The van der Waals surface area contributed by atoms with Gasteiger partial charge < -0.3 is 36.4 Å². The number of likely N-dealkylation sites (N-methyl/N-ethyl adjacent to an activating group) is 1. The summed E-state index contributed by atoms with van der Waals surface area (Å²) in [6.45, 7) is 5.53. The van der Waals surface area contributed by atoms with Crippen molar-refractivity contribution >= 4 is 22.9 Å². The van der Waals surface area contributed by atoms with Gasteiger partial charge in [0.25, 0.3) is 0 Å². The zero-order chi connectivity index (χ0) is 27.9. The number of carbonyl (C=O) groups is 2. The average molecular weight is 528 g/mol. The third-order valence-corrected chi connectivity index (χ3v) is 7.46. The lowest BCUT2D eigenvalue weighted by Crippen LogP contribution is -2.62. The van der Waals surface area contributed by atoms with Crippen LogP contribution in [-0.2, 0) is 0 Å². The second-order valence-corrected chi connectivity index (χ2v) is 9.78. The summed E-state index contributed by atoms with van der Waals surface area (Å²) in [5, 5.41) is 54.1. The number of nitrogens with one attached hydrogen (secondary N) is 3. The maximum Gasteiger partial charge on any atom is 0.198 e. The van der Waals surface area contributed by atoms with Gasteiger partial charge in [-0.3, -0.25) is 9.59 Å². The van der Waals surface area contributed by atoms with Crippen LogP contribution in [0, 0.1) is 23.7 Å². The number of hydrogen-bond donors (Lipinski definition) is 7. The maximum atomic E-state index is 13.9. The lowest BCUT2D eigenvalue weighted by Gasteiger charge is -2.48. The number of allylic oxidation sites excluding steroid dienone is 2. The van der Waals surface area contributed by atoms with Crippen LogP contribution in [0.5, 0.6) is 5.75 Å². The summed E-state index contributed by atoms with van der Waals surface area (Å²) < 4.78 is 0. The van der Waals surface area contributed by atoms with Crippen LogP contribution in [0.1, 0.15) is 57.2 Å². The van der Waals surface area contributed by atoms with Gasteiger partial charge in [0.2, 0.25) is 0 Å². The molecule has 4 unspecified atom stereocenters. The molecule has 2 bridgehead atoms. The van der Waals surface area contributed by atoms with Crippen LogP contribution in [0.3, 0.4) is 0 Å². The second-order valence-electron chi connectivity index (χ2n) is 9.78. The highest BCUT2D eigenvalue weighted by Gasteiger charge is 2.56. The van der Waals surface area contributed by atoms with Gasteiger partial charge in [0.15, 0.2) is 11.6 Å². The molecule has 0 saturated heterocycles. The molecule has 0 amide bonds. The van der Waals surface area contributed by atoms with Gasteiger partial charge in [-0.15, -0.1) is 0 Å². The van der Waals surface area contributed by atoms with Gasteiger partial charge in [0, 0.05) is 29.9 Å². The number of phenols is 1. The van der Waals surface area contributed by atoms with Gasteiger partial charge in [-0.25, -0.2) is 0 Å². The summed E-state index contributed by atoms with van der Waals surface area (Å²) in [6, 6.07) is 4.97. The molecule has 3 aliphatic rings. The van der Waals surface area contributed by atoms with Crippen LogP contribution in [0.25, 0.3) is 0 Å². The molecule has 5 rings (SSSR count). The lowest BCUT2D eigenvalue weighted by atomic mass is 9.66. The lowest BCUT2D eigenvalue weighted by molar-refractivity contribution is -0.107. The fourth-order valence-electron chi connectivity index (χ4n) is 5.52. The number of aromatic hydroxyl groups is 1. The first kappa shape index (κ1) is 26.5. The molecular formula is C30H29N3O6. The number of fused-ring (bicyclic) bond motifs is 7. The fraction of sp³-hybridized carbons (Fsp3) is 0.333. The van der Waals surface area contributed by atoms with Gasteiger partial charge in [0.1, 0.15) is 23.5 Å². The van der Waals surface area contributed by atoms with E-state index in [2.05, 4.69) is 39.6 Å². The highest BCUT2D eigenvalue weighted by Crippen LogP contribution is 2.50. The molecule has 9 heteroatoms. The van der Waals surface area contributed by atoms with Crippen LogP contribution in [0.2, 0.25) is 0 Å². The van der Waals surface area contributed by atoms with Crippen molar-refractivity contribution in [2.75, 3.05) is 30.3 Å². The Morgan fingerprint density at radius 3 is 2.49 bits per heavy atom. The van der Waals surface area contributed by atoms with Crippen molar-refractivity contribution in [3.63, 3.8) is 0 Å². The standard InChI is InChI=1S/C30H29N3O6/c1-3-31-12-13-32-17-10-11-18-19(14-17)29(38)24-22(36)15-20-26-21(35)8-6-4-5-7-9-23(30(26,39)16(2)34)33-27(20)25(24)28(18)37/h4-5,10-11,14-16,21,23,26,31-36,39H,3,12-13H2,1-2H3/b5-4-/t16?,21?,23?,26?,30-/m0/s1. The van der Waals surface area contributed by atoms with E-state index in [0.717, 1.165) is 13.1 Å². The third kappa shape index (κ3) is 4.26. The van der Waals surface area contributed by atoms with Crippen molar-refractivity contribution < 1.29 is 30.0 Å². The fourth-order valence-corrected chi connectivity index (χ4v) is 5.52. The molecule has 0 fully saturated rings. The van der Waals surface area contributed by atoms with Crippen LogP contribution < -0.4 is 16.0 Å². The van der Waals surface area contributed by atoms with Crippen molar-refractivity contribution in [2.24, 2.45) is 0 Å². The first-order valence-electron chi connectivity index (χ1n) is 12.8. The van der Waals surface area contributed by atoms with Gasteiger partial charge in [-0.1, -0.05) is 30.6 Å². The number of hydrogen-bond acceptors (Lipinski definition) is 9. The molecule has 2 aromatic carbocycles. The highest BCUT2D eigenvalue weighted by atomic mass is 16.3. The van der Waals surface area contributed by atoms with Crippen LogP contribution in [0.4, 0.5) is 11.4 Å². The number of ketones is 2. The van der Waals surface area contributed by atoms with E-state index in [1.165, 1.54) is 25.1 Å². The van der Waals surface area contributed by atoms with E-state index in [4.69, 9.17) is 0 Å². The second kappa shape index (κ2) is 10.2. The summed E-state index contributed by atoms with van der Waals surface area (Å²) in [5.41, 5.74) is -1.02.